The minimum atomic E-state index is -0.954. The third-order valence-electron chi connectivity index (χ3n) is 5.40. The number of anilines is 1. The molecular weight excluding hydrogens is 425 g/mol. The number of rotatable bonds is 6. The second-order valence-electron chi connectivity index (χ2n) is 7.38. The van der Waals surface area contributed by atoms with Crippen LogP contribution < -0.4 is 14.4 Å². The largest absolute Gasteiger partial charge is 0.507 e. The summed E-state index contributed by atoms with van der Waals surface area (Å²) in [7, 11) is 1.53. The van der Waals surface area contributed by atoms with Crippen LogP contribution >= 0.6 is 0 Å². The highest BCUT2D eigenvalue weighted by Crippen LogP contribution is 2.42. The Labute approximate surface area is 190 Å². The van der Waals surface area contributed by atoms with Crippen molar-refractivity contribution in [3.8, 4) is 11.5 Å². The van der Waals surface area contributed by atoms with E-state index in [-0.39, 0.29) is 17.0 Å². The lowest BCUT2D eigenvalue weighted by molar-refractivity contribution is -0.132. The Hall–Kier alpha value is -4.13. The summed E-state index contributed by atoms with van der Waals surface area (Å²) in [5, 5.41) is 11.1. The summed E-state index contributed by atoms with van der Waals surface area (Å²) in [5.74, 6) is -1.38. The first-order valence-corrected chi connectivity index (χ1v) is 10.4. The molecule has 6 nitrogen and oxygen atoms in total. The smallest absolute Gasteiger partial charge is 0.300 e. The van der Waals surface area contributed by atoms with Gasteiger partial charge >= 0.3 is 0 Å². The van der Waals surface area contributed by atoms with E-state index in [0.29, 0.717) is 29.2 Å². The van der Waals surface area contributed by atoms with Crippen molar-refractivity contribution in [3.05, 3.63) is 95.3 Å². The highest BCUT2D eigenvalue weighted by molar-refractivity contribution is 6.51. The number of hydrogen-bond donors (Lipinski definition) is 1. The molecule has 0 spiro atoms. The Morgan fingerprint density at radius 2 is 1.67 bits per heavy atom. The van der Waals surface area contributed by atoms with Gasteiger partial charge in [0, 0.05) is 11.3 Å². The number of aliphatic hydroxyl groups is 1. The van der Waals surface area contributed by atoms with Crippen molar-refractivity contribution in [2.45, 2.75) is 13.0 Å². The van der Waals surface area contributed by atoms with E-state index in [1.807, 2.05) is 6.92 Å². The molecule has 0 saturated carbocycles. The zero-order chi connectivity index (χ0) is 23.5. The monoisotopic (exact) mass is 447 g/mol. The molecule has 4 rings (SSSR count). The van der Waals surface area contributed by atoms with E-state index >= 15 is 0 Å². The molecule has 1 aliphatic heterocycles. The van der Waals surface area contributed by atoms with E-state index in [9.17, 15) is 19.1 Å². The highest BCUT2D eigenvalue weighted by Gasteiger charge is 2.47. The summed E-state index contributed by atoms with van der Waals surface area (Å²) in [5.41, 5.74) is 1.04. The number of nitrogens with zero attached hydrogens (tertiary/aromatic N) is 1. The van der Waals surface area contributed by atoms with E-state index in [4.69, 9.17) is 9.47 Å². The standard InChI is InChI=1S/C26H22FNO5/c1-3-33-21-13-9-17(10-14-21)24(29)22-23(16-7-11-20(32-2)12-8-16)28(26(31)25(22)30)19-6-4-5-18(27)15-19/h4-15,23,29H,3H2,1-2H3/b24-22+. The zero-order valence-corrected chi connectivity index (χ0v) is 18.1. The average molecular weight is 447 g/mol. The van der Waals surface area contributed by atoms with Gasteiger partial charge in [0.1, 0.15) is 23.1 Å². The van der Waals surface area contributed by atoms with Gasteiger partial charge in [0.15, 0.2) is 0 Å². The maximum absolute atomic E-state index is 14.0. The molecule has 0 aromatic heterocycles. The number of benzene rings is 3. The Balaban J connectivity index is 1.88. The van der Waals surface area contributed by atoms with E-state index in [2.05, 4.69) is 0 Å². The normalized spacial score (nSPS) is 17.3. The number of halogens is 1. The van der Waals surface area contributed by atoms with Crippen molar-refractivity contribution in [2.24, 2.45) is 0 Å². The van der Waals surface area contributed by atoms with Crippen LogP contribution in [-0.4, -0.2) is 30.5 Å². The number of ketones is 1. The van der Waals surface area contributed by atoms with Crippen LogP contribution in [0.15, 0.2) is 78.4 Å². The molecule has 3 aromatic rings. The predicted molar refractivity (Wildman–Crippen MR) is 122 cm³/mol. The molecule has 1 heterocycles. The molecule has 1 aliphatic rings. The van der Waals surface area contributed by atoms with E-state index in [1.54, 1.807) is 54.6 Å². The zero-order valence-electron chi connectivity index (χ0n) is 18.1. The number of ether oxygens (including phenoxy) is 2. The summed E-state index contributed by atoms with van der Waals surface area (Å²) in [4.78, 5) is 27.4. The predicted octanol–water partition coefficient (Wildman–Crippen LogP) is 4.86. The summed E-state index contributed by atoms with van der Waals surface area (Å²) in [6.45, 7) is 2.35. The Morgan fingerprint density at radius 3 is 2.27 bits per heavy atom. The fourth-order valence-electron chi connectivity index (χ4n) is 3.86. The topological polar surface area (TPSA) is 76.1 Å². The van der Waals surface area contributed by atoms with Gasteiger partial charge in [0.25, 0.3) is 11.7 Å². The second kappa shape index (κ2) is 9.16. The van der Waals surface area contributed by atoms with Crippen molar-refractivity contribution in [1.82, 2.24) is 0 Å². The first-order chi connectivity index (χ1) is 15.9. The van der Waals surface area contributed by atoms with Gasteiger partial charge in [-0.2, -0.15) is 0 Å². The van der Waals surface area contributed by atoms with Gasteiger partial charge in [-0.1, -0.05) is 18.2 Å². The number of aliphatic hydroxyl groups excluding tert-OH is 1. The van der Waals surface area contributed by atoms with Crippen molar-refractivity contribution in [3.63, 3.8) is 0 Å². The average Bonchev–Trinajstić information content (AvgIpc) is 3.10. The van der Waals surface area contributed by atoms with E-state index < -0.39 is 23.5 Å². The Morgan fingerprint density at radius 1 is 1.00 bits per heavy atom. The van der Waals surface area contributed by atoms with E-state index in [1.165, 1.54) is 30.2 Å². The minimum Gasteiger partial charge on any atom is -0.507 e. The lowest BCUT2D eigenvalue weighted by Crippen LogP contribution is -2.29. The maximum Gasteiger partial charge on any atom is 0.300 e. The number of carbonyl (C=O) groups excluding carboxylic acids is 2. The molecule has 7 heteroatoms. The first-order valence-electron chi connectivity index (χ1n) is 10.4. The number of hydrogen-bond acceptors (Lipinski definition) is 5. The first kappa shape index (κ1) is 22.1. The van der Waals surface area contributed by atoms with Crippen LogP contribution in [0.2, 0.25) is 0 Å². The molecule has 1 amide bonds. The van der Waals surface area contributed by atoms with Crippen LogP contribution in [0.3, 0.4) is 0 Å². The molecule has 0 radical (unpaired) electrons. The quantitative estimate of drug-likeness (QED) is 0.332. The van der Waals surface area contributed by atoms with Gasteiger partial charge in [0.05, 0.1) is 25.3 Å². The molecular formula is C26H22FNO5. The molecule has 0 bridgehead atoms. The summed E-state index contributed by atoms with van der Waals surface area (Å²) >= 11 is 0. The van der Waals surface area contributed by atoms with Crippen LogP contribution in [-0.2, 0) is 9.59 Å². The van der Waals surface area contributed by atoms with Crippen LogP contribution in [0, 0.1) is 5.82 Å². The number of carbonyl (C=O) groups is 2. The molecule has 1 unspecified atom stereocenters. The third-order valence-corrected chi connectivity index (χ3v) is 5.40. The summed E-state index contributed by atoms with van der Waals surface area (Å²) < 4.78 is 24.6. The fourth-order valence-corrected chi connectivity index (χ4v) is 3.86. The minimum absolute atomic E-state index is 0.0846. The summed E-state index contributed by atoms with van der Waals surface area (Å²) in [6.07, 6.45) is 0. The number of amides is 1. The second-order valence-corrected chi connectivity index (χ2v) is 7.38. The van der Waals surface area contributed by atoms with Crippen molar-refractivity contribution < 1.29 is 28.6 Å². The van der Waals surface area contributed by atoms with Crippen LogP contribution in [0.1, 0.15) is 24.1 Å². The van der Waals surface area contributed by atoms with Gasteiger partial charge in [-0.25, -0.2) is 4.39 Å². The molecule has 168 valence electrons. The van der Waals surface area contributed by atoms with Crippen LogP contribution in [0.4, 0.5) is 10.1 Å². The van der Waals surface area contributed by atoms with Crippen molar-refractivity contribution in [2.75, 3.05) is 18.6 Å². The number of Topliss-reactive ketones (excluding diaryl/α,β-unsaturated/α-hetero) is 1. The number of methoxy groups -OCH3 is 1. The van der Waals surface area contributed by atoms with Gasteiger partial charge in [0.2, 0.25) is 0 Å². The maximum atomic E-state index is 14.0. The molecule has 3 aromatic carbocycles. The van der Waals surface area contributed by atoms with Gasteiger partial charge in [-0.05, 0) is 67.1 Å². The van der Waals surface area contributed by atoms with E-state index in [0.717, 1.165) is 0 Å². The van der Waals surface area contributed by atoms with Crippen molar-refractivity contribution in [1.29, 1.82) is 0 Å². The fraction of sp³-hybridized carbons (Fsp3) is 0.154. The Kier molecular flexibility index (Phi) is 6.13. The molecule has 1 saturated heterocycles. The molecule has 1 atom stereocenters. The van der Waals surface area contributed by atoms with Gasteiger partial charge in [-0.15, -0.1) is 0 Å². The molecule has 0 aliphatic carbocycles. The molecule has 1 fully saturated rings. The SMILES string of the molecule is CCOc1ccc(/C(O)=C2\C(=O)C(=O)N(c3cccc(F)c3)C2c2ccc(OC)cc2)cc1. The highest BCUT2D eigenvalue weighted by atomic mass is 19.1. The van der Waals surface area contributed by atoms with Crippen LogP contribution in [0.25, 0.3) is 5.76 Å². The van der Waals surface area contributed by atoms with Gasteiger partial charge < -0.3 is 14.6 Å². The Bertz CT molecular complexity index is 1220. The summed E-state index contributed by atoms with van der Waals surface area (Å²) in [6, 6.07) is 17.8. The van der Waals surface area contributed by atoms with Crippen LogP contribution in [0.5, 0.6) is 11.5 Å². The molecule has 1 N–H and O–H groups in total. The lowest BCUT2D eigenvalue weighted by atomic mass is 9.95. The molecule has 33 heavy (non-hydrogen) atoms. The van der Waals surface area contributed by atoms with Gasteiger partial charge in [-0.3, -0.25) is 14.5 Å². The van der Waals surface area contributed by atoms with Crippen molar-refractivity contribution >= 4 is 23.1 Å². The lowest BCUT2D eigenvalue weighted by Gasteiger charge is -2.25. The third kappa shape index (κ3) is 4.17.